The maximum Gasteiger partial charge on any atom is 0.253 e. The Kier molecular flexibility index (Phi) is 3.79. The van der Waals surface area contributed by atoms with Crippen molar-refractivity contribution in [1.29, 1.82) is 0 Å². The van der Waals surface area contributed by atoms with Crippen LogP contribution in [0.2, 0.25) is 0 Å². The third-order valence-corrected chi connectivity index (χ3v) is 4.81. The van der Waals surface area contributed by atoms with Crippen molar-refractivity contribution in [3.05, 3.63) is 35.4 Å². The van der Waals surface area contributed by atoms with Crippen LogP contribution in [0.1, 0.15) is 41.6 Å². The predicted molar refractivity (Wildman–Crippen MR) is 80.9 cm³/mol. The minimum absolute atomic E-state index is 0.203. The van der Waals surface area contributed by atoms with Crippen molar-refractivity contribution in [2.45, 2.75) is 32.6 Å². The van der Waals surface area contributed by atoms with Crippen LogP contribution in [-0.4, -0.2) is 37.0 Å². The summed E-state index contributed by atoms with van der Waals surface area (Å²) < 4.78 is 0. The van der Waals surface area contributed by atoms with E-state index in [1.807, 2.05) is 24.3 Å². The highest BCUT2D eigenvalue weighted by Crippen LogP contribution is 2.36. The number of hydrogen-bond donors (Lipinski definition) is 1. The lowest BCUT2D eigenvalue weighted by atomic mass is 9.74. The van der Waals surface area contributed by atoms with Crippen LogP contribution < -0.4 is 5.32 Å². The van der Waals surface area contributed by atoms with Gasteiger partial charge in [0.25, 0.3) is 5.91 Å². The summed E-state index contributed by atoms with van der Waals surface area (Å²) in [5, 5.41) is 3.51. The molecule has 0 radical (unpaired) electrons. The summed E-state index contributed by atoms with van der Waals surface area (Å²) in [7, 11) is 0. The van der Waals surface area contributed by atoms with E-state index in [9.17, 15) is 4.79 Å². The van der Waals surface area contributed by atoms with Gasteiger partial charge in [0.15, 0.2) is 0 Å². The molecule has 0 unspecified atom stereocenters. The molecule has 0 saturated carbocycles. The monoisotopic (exact) mass is 272 g/mol. The van der Waals surface area contributed by atoms with Gasteiger partial charge >= 0.3 is 0 Å². The molecule has 0 aliphatic carbocycles. The third-order valence-electron chi connectivity index (χ3n) is 4.81. The van der Waals surface area contributed by atoms with Gasteiger partial charge in [0.2, 0.25) is 0 Å². The summed E-state index contributed by atoms with van der Waals surface area (Å²) in [6.45, 7) is 6.09. The van der Waals surface area contributed by atoms with Gasteiger partial charge in [-0.25, -0.2) is 0 Å². The van der Waals surface area contributed by atoms with E-state index in [0.717, 1.165) is 38.2 Å². The normalized spacial score (nSPS) is 26.8. The van der Waals surface area contributed by atoms with Crippen molar-refractivity contribution in [1.82, 2.24) is 10.2 Å². The molecule has 1 atom stereocenters. The molecule has 2 aliphatic rings. The van der Waals surface area contributed by atoms with Gasteiger partial charge < -0.3 is 10.2 Å². The van der Waals surface area contributed by atoms with E-state index in [0.29, 0.717) is 5.41 Å². The largest absolute Gasteiger partial charge is 0.338 e. The number of likely N-dealkylation sites (tertiary alicyclic amines) is 1. The predicted octanol–water partition coefficient (Wildman–Crippen LogP) is 2.60. The molecule has 1 aromatic rings. The Morgan fingerprint density at radius 1 is 1.20 bits per heavy atom. The topological polar surface area (TPSA) is 32.3 Å². The average Bonchev–Trinajstić information content (AvgIpc) is 2.48. The number of amides is 1. The lowest BCUT2D eigenvalue weighted by Crippen LogP contribution is -2.52. The molecule has 2 saturated heterocycles. The molecule has 3 nitrogen and oxygen atoms in total. The van der Waals surface area contributed by atoms with Crippen LogP contribution in [0.3, 0.4) is 0 Å². The number of nitrogens with zero attached hydrogens (tertiary/aromatic N) is 1. The molecule has 1 aromatic carbocycles. The first-order valence-electron chi connectivity index (χ1n) is 7.75. The number of carbonyl (C=O) groups is 1. The molecular formula is C17H24N2O. The summed E-state index contributed by atoms with van der Waals surface area (Å²) in [6.07, 6.45) is 4.90. The van der Waals surface area contributed by atoms with Crippen LogP contribution in [0, 0.1) is 12.3 Å². The summed E-state index contributed by atoms with van der Waals surface area (Å²) >= 11 is 0. The van der Waals surface area contributed by atoms with Crippen LogP contribution in [0.15, 0.2) is 24.3 Å². The van der Waals surface area contributed by atoms with Gasteiger partial charge in [-0.1, -0.05) is 17.7 Å². The number of rotatable bonds is 1. The summed E-state index contributed by atoms with van der Waals surface area (Å²) in [5.41, 5.74) is 2.36. The second kappa shape index (κ2) is 5.57. The minimum Gasteiger partial charge on any atom is -0.338 e. The molecule has 0 aromatic heterocycles. The number of carbonyl (C=O) groups excluding carboxylic acids is 1. The molecule has 0 bridgehead atoms. The van der Waals surface area contributed by atoms with Gasteiger partial charge in [0.05, 0.1) is 0 Å². The van der Waals surface area contributed by atoms with Crippen LogP contribution in [0.5, 0.6) is 0 Å². The standard InChI is InChI=1S/C17H24N2O/c1-14-4-6-15(7-5-14)16(20)19-11-3-9-17(13-19)8-2-10-18-12-17/h4-7,18H,2-3,8-13H2,1H3/t17-/m1/s1. The van der Waals surface area contributed by atoms with E-state index in [2.05, 4.69) is 17.1 Å². The molecule has 108 valence electrons. The molecule has 1 N–H and O–H groups in total. The number of benzene rings is 1. The van der Waals surface area contributed by atoms with Crippen molar-refractivity contribution < 1.29 is 4.79 Å². The SMILES string of the molecule is Cc1ccc(C(=O)N2CCC[C@@]3(CCCNC3)C2)cc1. The van der Waals surface area contributed by atoms with Gasteiger partial charge in [0, 0.05) is 30.6 Å². The molecule has 2 heterocycles. The van der Waals surface area contributed by atoms with Crippen LogP contribution in [0.25, 0.3) is 0 Å². The first-order chi connectivity index (χ1) is 9.69. The van der Waals surface area contributed by atoms with Crippen molar-refractivity contribution in [3.8, 4) is 0 Å². The van der Waals surface area contributed by atoms with E-state index in [1.54, 1.807) is 0 Å². The Balaban J connectivity index is 1.73. The zero-order chi connectivity index (χ0) is 14.0. The van der Waals surface area contributed by atoms with Crippen LogP contribution in [0.4, 0.5) is 0 Å². The first-order valence-corrected chi connectivity index (χ1v) is 7.75. The minimum atomic E-state index is 0.203. The van der Waals surface area contributed by atoms with Crippen LogP contribution >= 0.6 is 0 Å². The van der Waals surface area contributed by atoms with E-state index in [1.165, 1.54) is 24.8 Å². The van der Waals surface area contributed by atoms with Crippen molar-refractivity contribution in [3.63, 3.8) is 0 Å². The Bertz CT molecular complexity index is 469. The van der Waals surface area contributed by atoms with Gasteiger partial charge in [-0.3, -0.25) is 4.79 Å². The maximum atomic E-state index is 12.6. The quantitative estimate of drug-likeness (QED) is 0.852. The highest BCUT2D eigenvalue weighted by Gasteiger charge is 2.38. The lowest BCUT2D eigenvalue weighted by Gasteiger charge is -2.45. The highest BCUT2D eigenvalue weighted by molar-refractivity contribution is 5.94. The van der Waals surface area contributed by atoms with Gasteiger partial charge in [0.1, 0.15) is 0 Å². The fraction of sp³-hybridized carbons (Fsp3) is 0.588. The summed E-state index contributed by atoms with van der Waals surface area (Å²) in [6, 6.07) is 7.96. The second-order valence-corrected chi connectivity index (χ2v) is 6.48. The number of aryl methyl sites for hydroxylation is 1. The highest BCUT2D eigenvalue weighted by atomic mass is 16.2. The van der Waals surface area contributed by atoms with Crippen molar-refractivity contribution in [2.24, 2.45) is 5.41 Å². The molecule has 3 rings (SSSR count). The van der Waals surface area contributed by atoms with Crippen LogP contribution in [-0.2, 0) is 0 Å². The van der Waals surface area contributed by atoms with E-state index in [4.69, 9.17) is 0 Å². The van der Waals surface area contributed by atoms with E-state index < -0.39 is 0 Å². The Labute approximate surface area is 121 Å². The van der Waals surface area contributed by atoms with Gasteiger partial charge in [-0.15, -0.1) is 0 Å². The number of piperidine rings is 2. The molecular weight excluding hydrogens is 248 g/mol. The third kappa shape index (κ3) is 2.73. The summed E-state index contributed by atoms with van der Waals surface area (Å²) in [4.78, 5) is 14.7. The zero-order valence-corrected chi connectivity index (χ0v) is 12.3. The second-order valence-electron chi connectivity index (χ2n) is 6.48. The fourth-order valence-corrected chi connectivity index (χ4v) is 3.64. The molecule has 1 amide bonds. The van der Waals surface area contributed by atoms with Gasteiger partial charge in [-0.2, -0.15) is 0 Å². The Morgan fingerprint density at radius 2 is 1.95 bits per heavy atom. The maximum absolute atomic E-state index is 12.6. The fourth-order valence-electron chi connectivity index (χ4n) is 3.64. The molecule has 20 heavy (non-hydrogen) atoms. The smallest absolute Gasteiger partial charge is 0.253 e. The molecule has 3 heteroatoms. The van der Waals surface area contributed by atoms with Gasteiger partial charge in [-0.05, 0) is 51.3 Å². The number of nitrogens with one attached hydrogen (secondary N) is 1. The molecule has 1 spiro atoms. The lowest BCUT2D eigenvalue weighted by molar-refractivity contribution is 0.0434. The van der Waals surface area contributed by atoms with Crippen molar-refractivity contribution in [2.75, 3.05) is 26.2 Å². The zero-order valence-electron chi connectivity index (χ0n) is 12.3. The first kappa shape index (κ1) is 13.6. The molecule has 2 aliphatic heterocycles. The summed E-state index contributed by atoms with van der Waals surface area (Å²) in [5.74, 6) is 0.203. The molecule has 2 fully saturated rings. The van der Waals surface area contributed by atoms with Crippen molar-refractivity contribution >= 4 is 5.91 Å². The Morgan fingerprint density at radius 3 is 2.65 bits per heavy atom. The average molecular weight is 272 g/mol. The van der Waals surface area contributed by atoms with E-state index in [-0.39, 0.29) is 5.91 Å². The Hall–Kier alpha value is -1.35. The van der Waals surface area contributed by atoms with E-state index >= 15 is 0 Å². The number of hydrogen-bond acceptors (Lipinski definition) is 2.